The first kappa shape index (κ1) is 13.5. The molecule has 1 aromatic carbocycles. The number of nitrogens with zero attached hydrogens (tertiary/aromatic N) is 2. The van der Waals surface area contributed by atoms with Crippen molar-refractivity contribution in [3.63, 3.8) is 0 Å². The first-order valence-electron chi connectivity index (χ1n) is 7.32. The highest BCUT2D eigenvalue weighted by atomic mass is 19.1. The average molecular weight is 274 g/mol. The van der Waals surface area contributed by atoms with Gasteiger partial charge in [-0.25, -0.2) is 4.39 Å². The quantitative estimate of drug-likeness (QED) is 0.832. The lowest BCUT2D eigenvalue weighted by Gasteiger charge is -2.43. The molecule has 1 saturated carbocycles. The van der Waals surface area contributed by atoms with Crippen LogP contribution in [0, 0.1) is 17.1 Å². The summed E-state index contributed by atoms with van der Waals surface area (Å²) in [5.74, 6) is -0.220. The standard InChI is InChI=1S/C16H19FN2O/c17-14-6-5-12(10-18)9-13(14)11-19-7-8-20-16-4-2-1-3-15(16)19/h5-6,9,15-16H,1-4,7-8,11H2/t15-,16+/m1/s1. The molecule has 0 radical (unpaired) electrons. The van der Waals surface area contributed by atoms with Crippen molar-refractivity contribution in [2.24, 2.45) is 0 Å². The summed E-state index contributed by atoms with van der Waals surface area (Å²) >= 11 is 0. The average Bonchev–Trinajstić information content (AvgIpc) is 2.50. The van der Waals surface area contributed by atoms with Crippen molar-refractivity contribution < 1.29 is 9.13 Å². The van der Waals surface area contributed by atoms with Gasteiger partial charge in [-0.15, -0.1) is 0 Å². The van der Waals surface area contributed by atoms with Crippen molar-refractivity contribution in [2.75, 3.05) is 13.2 Å². The van der Waals surface area contributed by atoms with Crippen molar-refractivity contribution in [3.05, 3.63) is 35.1 Å². The van der Waals surface area contributed by atoms with Crippen LogP contribution in [0.3, 0.4) is 0 Å². The van der Waals surface area contributed by atoms with Crippen LogP contribution in [-0.2, 0) is 11.3 Å². The maximum atomic E-state index is 13.9. The zero-order valence-electron chi connectivity index (χ0n) is 11.5. The summed E-state index contributed by atoms with van der Waals surface area (Å²) in [6, 6.07) is 7.08. The molecule has 1 heterocycles. The molecular formula is C16H19FN2O. The Morgan fingerprint density at radius 2 is 2.20 bits per heavy atom. The van der Waals surface area contributed by atoms with Crippen LogP contribution in [0.4, 0.5) is 4.39 Å². The van der Waals surface area contributed by atoms with E-state index in [9.17, 15) is 4.39 Å². The number of halogens is 1. The van der Waals surface area contributed by atoms with E-state index >= 15 is 0 Å². The second-order valence-electron chi connectivity index (χ2n) is 5.65. The van der Waals surface area contributed by atoms with Gasteiger partial charge in [-0.05, 0) is 31.0 Å². The van der Waals surface area contributed by atoms with E-state index in [0.29, 0.717) is 29.8 Å². The van der Waals surface area contributed by atoms with Crippen LogP contribution in [0.2, 0.25) is 0 Å². The maximum absolute atomic E-state index is 13.9. The normalized spacial score (nSPS) is 26.8. The molecule has 2 atom stereocenters. The summed E-state index contributed by atoms with van der Waals surface area (Å²) in [7, 11) is 0. The third-order valence-electron chi connectivity index (χ3n) is 4.40. The van der Waals surface area contributed by atoms with Gasteiger partial charge in [0.05, 0.1) is 24.3 Å². The van der Waals surface area contributed by atoms with E-state index in [1.165, 1.54) is 25.0 Å². The van der Waals surface area contributed by atoms with Gasteiger partial charge in [-0.1, -0.05) is 12.8 Å². The summed E-state index contributed by atoms with van der Waals surface area (Å²) in [4.78, 5) is 2.33. The highest BCUT2D eigenvalue weighted by molar-refractivity contribution is 5.33. The first-order chi connectivity index (χ1) is 9.78. The number of fused-ring (bicyclic) bond motifs is 1. The van der Waals surface area contributed by atoms with Gasteiger partial charge in [0.15, 0.2) is 0 Å². The maximum Gasteiger partial charge on any atom is 0.127 e. The number of nitriles is 1. The van der Waals surface area contributed by atoms with Gasteiger partial charge in [0.2, 0.25) is 0 Å². The van der Waals surface area contributed by atoms with Crippen molar-refractivity contribution in [1.29, 1.82) is 5.26 Å². The SMILES string of the molecule is N#Cc1ccc(F)c(CN2CCO[C@H]3CCCC[C@H]32)c1. The molecule has 1 aliphatic heterocycles. The number of morpholine rings is 1. The second-order valence-corrected chi connectivity index (χ2v) is 5.65. The Kier molecular flexibility index (Phi) is 4.00. The minimum atomic E-state index is -0.220. The van der Waals surface area contributed by atoms with Gasteiger partial charge in [0.1, 0.15) is 5.82 Å². The number of hydrogen-bond acceptors (Lipinski definition) is 3. The third kappa shape index (κ3) is 2.70. The Morgan fingerprint density at radius 3 is 3.05 bits per heavy atom. The topological polar surface area (TPSA) is 36.3 Å². The Morgan fingerprint density at radius 1 is 1.35 bits per heavy atom. The summed E-state index contributed by atoms with van der Waals surface area (Å²) < 4.78 is 19.8. The van der Waals surface area contributed by atoms with E-state index in [-0.39, 0.29) is 5.82 Å². The summed E-state index contributed by atoms with van der Waals surface area (Å²) in [6.45, 7) is 2.14. The monoisotopic (exact) mass is 274 g/mol. The molecule has 2 fully saturated rings. The van der Waals surface area contributed by atoms with E-state index in [0.717, 1.165) is 26.0 Å². The fourth-order valence-electron chi connectivity index (χ4n) is 3.36. The molecule has 20 heavy (non-hydrogen) atoms. The van der Waals surface area contributed by atoms with E-state index < -0.39 is 0 Å². The molecule has 106 valence electrons. The van der Waals surface area contributed by atoms with Crippen molar-refractivity contribution in [3.8, 4) is 6.07 Å². The van der Waals surface area contributed by atoms with Crippen LogP contribution >= 0.6 is 0 Å². The van der Waals surface area contributed by atoms with Crippen molar-refractivity contribution in [1.82, 2.24) is 4.90 Å². The van der Waals surface area contributed by atoms with Crippen molar-refractivity contribution >= 4 is 0 Å². The summed E-state index contributed by atoms with van der Waals surface area (Å²) in [5.41, 5.74) is 1.14. The predicted octanol–water partition coefficient (Wildman–Crippen LogP) is 2.84. The van der Waals surface area contributed by atoms with E-state index in [4.69, 9.17) is 10.00 Å². The first-order valence-corrected chi connectivity index (χ1v) is 7.32. The molecule has 0 unspecified atom stereocenters. The van der Waals surface area contributed by atoms with Gasteiger partial charge in [-0.2, -0.15) is 5.26 Å². The Bertz CT molecular complexity index is 524. The highest BCUT2D eigenvalue weighted by Crippen LogP contribution is 2.29. The Labute approximate surface area is 119 Å². The minimum Gasteiger partial charge on any atom is -0.375 e. The minimum absolute atomic E-state index is 0.220. The molecule has 1 aromatic rings. The highest BCUT2D eigenvalue weighted by Gasteiger charge is 2.34. The number of hydrogen-bond donors (Lipinski definition) is 0. The molecular weight excluding hydrogens is 255 g/mol. The largest absolute Gasteiger partial charge is 0.375 e. The number of rotatable bonds is 2. The number of benzene rings is 1. The zero-order chi connectivity index (χ0) is 13.9. The van der Waals surface area contributed by atoms with E-state index in [1.807, 2.05) is 0 Å². The van der Waals surface area contributed by atoms with Crippen LogP contribution in [0.5, 0.6) is 0 Å². The van der Waals surface area contributed by atoms with Gasteiger partial charge in [0, 0.05) is 24.7 Å². The smallest absolute Gasteiger partial charge is 0.127 e. The molecule has 1 saturated heterocycles. The Hall–Kier alpha value is -1.44. The van der Waals surface area contributed by atoms with E-state index in [1.54, 1.807) is 6.07 Å². The van der Waals surface area contributed by atoms with Crippen LogP contribution < -0.4 is 0 Å². The lowest BCUT2D eigenvalue weighted by molar-refractivity contribution is -0.0913. The molecule has 0 amide bonds. The molecule has 0 aromatic heterocycles. The lowest BCUT2D eigenvalue weighted by atomic mass is 9.90. The molecule has 2 aliphatic rings. The molecule has 4 heteroatoms. The summed E-state index contributed by atoms with van der Waals surface area (Å²) in [5, 5.41) is 8.94. The van der Waals surface area contributed by atoms with Gasteiger partial charge < -0.3 is 4.74 Å². The molecule has 3 rings (SSSR count). The van der Waals surface area contributed by atoms with Crippen LogP contribution in [0.15, 0.2) is 18.2 Å². The fourth-order valence-corrected chi connectivity index (χ4v) is 3.36. The predicted molar refractivity (Wildman–Crippen MR) is 73.5 cm³/mol. The zero-order valence-corrected chi connectivity index (χ0v) is 11.5. The Balaban J connectivity index is 1.78. The van der Waals surface area contributed by atoms with Gasteiger partial charge >= 0.3 is 0 Å². The van der Waals surface area contributed by atoms with Crippen LogP contribution in [0.25, 0.3) is 0 Å². The fraction of sp³-hybridized carbons (Fsp3) is 0.562. The van der Waals surface area contributed by atoms with Crippen molar-refractivity contribution in [2.45, 2.75) is 44.4 Å². The van der Waals surface area contributed by atoms with Crippen LogP contribution in [0.1, 0.15) is 36.8 Å². The van der Waals surface area contributed by atoms with Crippen LogP contribution in [-0.4, -0.2) is 30.2 Å². The second kappa shape index (κ2) is 5.90. The van der Waals surface area contributed by atoms with E-state index in [2.05, 4.69) is 11.0 Å². The number of ether oxygens (including phenoxy) is 1. The lowest BCUT2D eigenvalue weighted by Crippen LogP contribution is -2.52. The molecule has 0 N–H and O–H groups in total. The van der Waals surface area contributed by atoms with Gasteiger partial charge in [0.25, 0.3) is 0 Å². The molecule has 0 spiro atoms. The summed E-state index contributed by atoms with van der Waals surface area (Å²) in [6.07, 6.45) is 5.00. The van der Waals surface area contributed by atoms with Gasteiger partial charge in [-0.3, -0.25) is 4.90 Å². The molecule has 1 aliphatic carbocycles. The molecule has 0 bridgehead atoms. The molecule has 3 nitrogen and oxygen atoms in total. The third-order valence-corrected chi connectivity index (χ3v) is 4.40.